The number of nitrogen functional groups attached to an aromatic ring is 1. The lowest BCUT2D eigenvalue weighted by molar-refractivity contribution is -0.154. The average Bonchev–Trinajstić information content (AvgIpc) is 3.26. The predicted molar refractivity (Wildman–Crippen MR) is 112 cm³/mol. The Balaban J connectivity index is 1.53. The van der Waals surface area contributed by atoms with Gasteiger partial charge in [0.2, 0.25) is 0 Å². The molecule has 2 atom stereocenters. The van der Waals surface area contributed by atoms with Crippen molar-refractivity contribution < 1.29 is 19.4 Å². The van der Waals surface area contributed by atoms with Crippen molar-refractivity contribution in [2.45, 2.75) is 31.6 Å². The van der Waals surface area contributed by atoms with Crippen molar-refractivity contribution in [2.24, 2.45) is 5.92 Å². The van der Waals surface area contributed by atoms with Crippen molar-refractivity contribution in [3.8, 4) is 11.5 Å². The van der Waals surface area contributed by atoms with Crippen LogP contribution in [0.2, 0.25) is 0 Å². The molecule has 3 N–H and O–H groups in total. The third-order valence-corrected chi connectivity index (χ3v) is 6.02. The van der Waals surface area contributed by atoms with Crippen LogP contribution in [0.5, 0.6) is 11.5 Å². The fourth-order valence-electron chi connectivity index (χ4n) is 4.39. The highest BCUT2D eigenvalue weighted by atomic mass is 16.5. The summed E-state index contributed by atoms with van der Waals surface area (Å²) in [7, 11) is 1.70. The van der Waals surface area contributed by atoms with Gasteiger partial charge in [-0.25, -0.2) is 0 Å². The lowest BCUT2D eigenvalue weighted by Gasteiger charge is -2.30. The van der Waals surface area contributed by atoms with E-state index in [1.54, 1.807) is 25.3 Å². The third kappa shape index (κ3) is 4.11. The number of phenols is 1. The predicted octanol–water partition coefficient (Wildman–Crippen LogP) is 3.47. The first-order valence-corrected chi connectivity index (χ1v) is 10.2. The third-order valence-electron chi connectivity index (χ3n) is 6.02. The summed E-state index contributed by atoms with van der Waals surface area (Å²) in [6, 6.07) is 11.4. The van der Waals surface area contributed by atoms with Crippen LogP contribution in [0.1, 0.15) is 36.3 Å². The van der Waals surface area contributed by atoms with Gasteiger partial charge in [0.1, 0.15) is 11.5 Å². The van der Waals surface area contributed by atoms with E-state index < -0.39 is 0 Å². The van der Waals surface area contributed by atoms with E-state index in [0.717, 1.165) is 36.5 Å². The molecule has 154 valence electrons. The van der Waals surface area contributed by atoms with Gasteiger partial charge in [-0.15, -0.1) is 0 Å². The lowest BCUT2D eigenvalue weighted by Crippen LogP contribution is -2.31. The molecule has 0 saturated carbocycles. The maximum atomic E-state index is 12.4. The first-order valence-electron chi connectivity index (χ1n) is 10.2. The highest BCUT2D eigenvalue weighted by Crippen LogP contribution is 2.38. The normalized spacial score (nSPS) is 21.8. The Morgan fingerprint density at radius 2 is 2.00 bits per heavy atom. The molecular weight excluding hydrogens is 368 g/mol. The van der Waals surface area contributed by atoms with Gasteiger partial charge < -0.3 is 25.2 Å². The first kappa shape index (κ1) is 19.4. The summed E-state index contributed by atoms with van der Waals surface area (Å²) in [6.07, 6.45) is 3.68. The summed E-state index contributed by atoms with van der Waals surface area (Å²) in [4.78, 5) is 14.7. The minimum Gasteiger partial charge on any atom is -0.506 e. The number of benzene rings is 2. The molecule has 0 radical (unpaired) electrons. The Morgan fingerprint density at radius 3 is 2.72 bits per heavy atom. The molecule has 0 spiro atoms. The Hall–Kier alpha value is -2.89. The number of anilines is 2. The van der Waals surface area contributed by atoms with Gasteiger partial charge in [0.05, 0.1) is 31.0 Å². The number of hydrogen-bond donors (Lipinski definition) is 2. The molecule has 0 aromatic heterocycles. The van der Waals surface area contributed by atoms with E-state index in [1.165, 1.54) is 18.4 Å². The largest absolute Gasteiger partial charge is 0.506 e. The van der Waals surface area contributed by atoms with Crippen LogP contribution in [-0.2, 0) is 16.0 Å². The maximum Gasteiger partial charge on any atom is 0.309 e. The van der Waals surface area contributed by atoms with E-state index in [2.05, 4.69) is 17.0 Å². The van der Waals surface area contributed by atoms with Crippen LogP contribution < -0.4 is 15.4 Å². The number of hydrogen-bond acceptors (Lipinski definition) is 6. The number of aromatic hydroxyl groups is 1. The Bertz CT molecular complexity index is 892. The number of methoxy groups -OCH3 is 1. The summed E-state index contributed by atoms with van der Waals surface area (Å²) in [5.74, 6) is 0.709. The summed E-state index contributed by atoms with van der Waals surface area (Å²) >= 11 is 0. The molecule has 4 rings (SSSR count). The monoisotopic (exact) mass is 396 g/mol. The molecule has 2 saturated heterocycles. The number of carbonyl (C=O) groups excluding carboxylic acids is 1. The second-order valence-electron chi connectivity index (χ2n) is 7.98. The number of nitrogens with two attached hydrogens (primary N) is 1. The number of cyclic esters (lactones) is 1. The van der Waals surface area contributed by atoms with Gasteiger partial charge in [-0.2, -0.15) is 0 Å². The highest BCUT2D eigenvalue weighted by molar-refractivity contribution is 5.74. The molecule has 0 bridgehead atoms. The van der Waals surface area contributed by atoms with E-state index in [0.29, 0.717) is 18.7 Å². The Labute approximate surface area is 171 Å². The molecule has 1 unspecified atom stereocenters. The van der Waals surface area contributed by atoms with Crippen LogP contribution >= 0.6 is 0 Å². The van der Waals surface area contributed by atoms with Crippen molar-refractivity contribution in [3.05, 3.63) is 47.5 Å². The average molecular weight is 396 g/mol. The van der Waals surface area contributed by atoms with Crippen molar-refractivity contribution in [3.63, 3.8) is 0 Å². The number of nitrogens with zero attached hydrogens (tertiary/aromatic N) is 1. The summed E-state index contributed by atoms with van der Waals surface area (Å²) in [6.45, 7) is 2.49. The van der Waals surface area contributed by atoms with Crippen LogP contribution in [0.3, 0.4) is 0 Å². The van der Waals surface area contributed by atoms with Gasteiger partial charge >= 0.3 is 5.97 Å². The molecule has 2 aliphatic rings. The van der Waals surface area contributed by atoms with Crippen LogP contribution in [0.15, 0.2) is 36.4 Å². The van der Waals surface area contributed by atoms with Crippen LogP contribution in [0.4, 0.5) is 11.4 Å². The van der Waals surface area contributed by atoms with Gasteiger partial charge in [-0.3, -0.25) is 4.79 Å². The number of ether oxygens (including phenoxy) is 2. The molecule has 2 aromatic rings. The van der Waals surface area contributed by atoms with E-state index in [-0.39, 0.29) is 23.6 Å². The van der Waals surface area contributed by atoms with Gasteiger partial charge in [0.15, 0.2) is 0 Å². The fraction of sp³-hybridized carbons (Fsp3) is 0.435. The standard InChI is InChI=1S/C23H28N2O4/c1-28-22-7-5-16(13-20(22)25-8-2-3-9-25)18-12-17(23(27)29-14-18)10-15-4-6-21(26)19(24)11-15/h4-7,11,13,17-18,26H,2-3,8-10,12,14,24H2,1H3/t17?,18-/m1/s1. The molecule has 0 aliphatic carbocycles. The zero-order valence-corrected chi connectivity index (χ0v) is 16.8. The lowest BCUT2D eigenvalue weighted by atomic mass is 9.84. The SMILES string of the molecule is COc1ccc([C@H]2COC(=O)C(Cc3ccc(O)c(N)c3)C2)cc1N1CCCC1. The number of phenolic OH excluding ortho intramolecular Hbond substituents is 1. The molecule has 29 heavy (non-hydrogen) atoms. The number of carbonyl (C=O) groups is 1. The zero-order chi connectivity index (χ0) is 20.4. The molecule has 6 nitrogen and oxygen atoms in total. The maximum absolute atomic E-state index is 12.4. The van der Waals surface area contributed by atoms with Gasteiger partial charge in [-0.05, 0) is 61.1 Å². The molecule has 6 heteroatoms. The van der Waals surface area contributed by atoms with Gasteiger partial charge in [0.25, 0.3) is 0 Å². The minimum atomic E-state index is -0.227. The summed E-state index contributed by atoms with van der Waals surface area (Å²) in [5.41, 5.74) is 9.36. The summed E-state index contributed by atoms with van der Waals surface area (Å²) < 4.78 is 11.1. The van der Waals surface area contributed by atoms with Crippen molar-refractivity contribution in [2.75, 3.05) is 37.4 Å². The number of esters is 1. The molecule has 2 aromatic carbocycles. The van der Waals surface area contributed by atoms with Crippen molar-refractivity contribution >= 4 is 17.3 Å². The first-order chi connectivity index (χ1) is 14.0. The van der Waals surface area contributed by atoms with Crippen molar-refractivity contribution in [1.82, 2.24) is 0 Å². The zero-order valence-electron chi connectivity index (χ0n) is 16.8. The molecular formula is C23H28N2O4. The molecule has 2 heterocycles. The van der Waals surface area contributed by atoms with E-state index in [1.807, 2.05) is 6.07 Å². The van der Waals surface area contributed by atoms with Crippen LogP contribution in [0.25, 0.3) is 0 Å². The summed E-state index contributed by atoms with van der Waals surface area (Å²) in [5, 5.41) is 9.62. The van der Waals surface area contributed by atoms with Crippen LogP contribution in [-0.4, -0.2) is 37.9 Å². The second kappa shape index (κ2) is 8.23. The fourth-order valence-corrected chi connectivity index (χ4v) is 4.39. The highest BCUT2D eigenvalue weighted by Gasteiger charge is 2.32. The Morgan fingerprint density at radius 1 is 1.21 bits per heavy atom. The minimum absolute atomic E-state index is 0.0607. The van der Waals surface area contributed by atoms with Gasteiger partial charge in [-0.1, -0.05) is 12.1 Å². The van der Waals surface area contributed by atoms with Crippen molar-refractivity contribution in [1.29, 1.82) is 0 Å². The van der Waals surface area contributed by atoms with Gasteiger partial charge in [0, 0.05) is 19.0 Å². The van der Waals surface area contributed by atoms with Crippen LogP contribution in [0, 0.1) is 5.92 Å². The smallest absolute Gasteiger partial charge is 0.309 e. The van der Waals surface area contributed by atoms with E-state index >= 15 is 0 Å². The topological polar surface area (TPSA) is 85.0 Å². The Kier molecular flexibility index (Phi) is 5.51. The number of rotatable bonds is 5. The second-order valence-corrected chi connectivity index (χ2v) is 7.98. The van der Waals surface area contributed by atoms with E-state index in [4.69, 9.17) is 15.2 Å². The molecule has 2 fully saturated rings. The van der Waals surface area contributed by atoms with E-state index in [9.17, 15) is 9.90 Å². The molecule has 2 aliphatic heterocycles. The molecule has 0 amide bonds. The quantitative estimate of drug-likeness (QED) is 0.457.